The maximum absolute atomic E-state index is 14.1. The highest BCUT2D eigenvalue weighted by Gasteiger charge is 2.26. The second-order valence-corrected chi connectivity index (χ2v) is 16.0. The molecule has 5 aromatic rings. The third-order valence-electron chi connectivity index (χ3n) is 7.14. The van der Waals surface area contributed by atoms with E-state index >= 15 is 0 Å². The molecular formula is C35H33NO4P2S. The zero-order valence-electron chi connectivity index (χ0n) is 23.6. The Morgan fingerprint density at radius 1 is 0.535 bits per heavy atom. The van der Waals surface area contributed by atoms with Crippen LogP contribution in [-0.4, -0.2) is 49.2 Å². The van der Waals surface area contributed by atoms with Crippen molar-refractivity contribution in [2.45, 2.75) is 4.90 Å². The zero-order valence-corrected chi connectivity index (χ0v) is 26.2. The molecule has 0 fully saturated rings. The van der Waals surface area contributed by atoms with Crippen LogP contribution in [-0.2, 0) is 10.1 Å². The van der Waals surface area contributed by atoms with Gasteiger partial charge in [-0.25, -0.2) is 0 Å². The van der Waals surface area contributed by atoms with E-state index in [4.69, 9.17) is 0 Å². The van der Waals surface area contributed by atoms with Crippen molar-refractivity contribution in [2.75, 3.05) is 25.4 Å². The number of hydrogen-bond donors (Lipinski definition) is 1. The molecule has 0 aromatic heterocycles. The number of rotatable bonds is 12. The fourth-order valence-corrected chi connectivity index (χ4v) is 10.4. The van der Waals surface area contributed by atoms with E-state index in [1.165, 1.54) is 39.4 Å². The molecule has 1 amide bonds. The molecule has 0 saturated carbocycles. The topological polar surface area (TPSA) is 74.7 Å². The van der Waals surface area contributed by atoms with Gasteiger partial charge in [-0.3, -0.25) is 9.35 Å². The van der Waals surface area contributed by atoms with Gasteiger partial charge in [0.1, 0.15) is 4.90 Å². The minimum Gasteiger partial charge on any atom is -0.338 e. The van der Waals surface area contributed by atoms with E-state index in [-0.39, 0.29) is 10.5 Å². The van der Waals surface area contributed by atoms with Gasteiger partial charge in [0.15, 0.2) is 0 Å². The summed E-state index contributed by atoms with van der Waals surface area (Å²) in [6.45, 7) is 0.863. The summed E-state index contributed by atoms with van der Waals surface area (Å²) in [6.07, 6.45) is 1.41. The van der Waals surface area contributed by atoms with E-state index in [9.17, 15) is 17.8 Å². The number of carbonyl (C=O) groups excluding carboxylic acids is 1. The first-order valence-corrected chi connectivity index (χ1v) is 18.5. The van der Waals surface area contributed by atoms with Crippen molar-refractivity contribution in [3.05, 3.63) is 151 Å². The molecule has 0 saturated heterocycles. The molecule has 1 N–H and O–H groups in total. The van der Waals surface area contributed by atoms with E-state index < -0.39 is 31.9 Å². The Balaban J connectivity index is 1.49. The molecule has 5 aromatic carbocycles. The van der Waals surface area contributed by atoms with Gasteiger partial charge >= 0.3 is 0 Å². The summed E-state index contributed by atoms with van der Waals surface area (Å²) in [5, 5.41) is 4.85. The summed E-state index contributed by atoms with van der Waals surface area (Å²) in [6, 6.07) is 47.2. The van der Waals surface area contributed by atoms with Crippen LogP contribution in [0.4, 0.5) is 0 Å². The van der Waals surface area contributed by atoms with Gasteiger partial charge in [-0.05, 0) is 61.5 Å². The molecule has 0 unspecified atom stereocenters. The van der Waals surface area contributed by atoms with Crippen LogP contribution in [0.2, 0.25) is 0 Å². The predicted octanol–water partition coefficient (Wildman–Crippen LogP) is 5.64. The van der Waals surface area contributed by atoms with E-state index in [0.29, 0.717) is 25.4 Å². The summed E-state index contributed by atoms with van der Waals surface area (Å²) in [5.74, 6) is -0.402. The van der Waals surface area contributed by atoms with Crippen LogP contribution in [0.3, 0.4) is 0 Å². The molecule has 0 aliphatic carbocycles. The lowest BCUT2D eigenvalue weighted by atomic mass is 10.2. The van der Waals surface area contributed by atoms with Gasteiger partial charge in [0.05, 0.1) is 5.56 Å². The van der Waals surface area contributed by atoms with Crippen molar-refractivity contribution >= 4 is 53.1 Å². The van der Waals surface area contributed by atoms with Gasteiger partial charge in [-0.15, -0.1) is 0 Å². The second kappa shape index (κ2) is 14.7. The Bertz CT molecular complexity index is 1560. The average molecular weight is 626 g/mol. The lowest BCUT2D eigenvalue weighted by molar-refractivity contribution is 0.0771. The van der Waals surface area contributed by atoms with Crippen LogP contribution in [0, 0.1) is 0 Å². The Morgan fingerprint density at radius 3 is 1.21 bits per heavy atom. The average Bonchev–Trinajstić information content (AvgIpc) is 3.05. The molecule has 218 valence electrons. The lowest BCUT2D eigenvalue weighted by Crippen LogP contribution is -2.38. The molecule has 0 atom stereocenters. The summed E-state index contributed by atoms with van der Waals surface area (Å²) >= 11 is 0. The highest BCUT2D eigenvalue weighted by Crippen LogP contribution is 2.35. The molecule has 0 aliphatic rings. The third kappa shape index (κ3) is 8.04. The van der Waals surface area contributed by atoms with Crippen molar-refractivity contribution in [2.24, 2.45) is 0 Å². The SMILES string of the molecule is O=C(c1ccccc1S(=O)(=O)O)N(CCP(c1ccccc1)c1ccccc1)CCP(c1ccccc1)c1ccccc1. The standard InChI is InChI=1S/C35H33NO4P2S/c37-35(33-23-13-14-24-34(33)43(38,39)40)36(25-27-41(29-15-5-1-6-16-29)30-17-7-2-8-18-30)26-28-42(31-19-9-3-10-20-31)32-21-11-4-12-22-32/h1-24H,25-28H2,(H,38,39,40). The molecule has 8 heteroatoms. The molecule has 0 heterocycles. The van der Waals surface area contributed by atoms with E-state index in [1.54, 1.807) is 11.0 Å². The van der Waals surface area contributed by atoms with Crippen LogP contribution in [0.1, 0.15) is 10.4 Å². The van der Waals surface area contributed by atoms with Crippen molar-refractivity contribution in [3.8, 4) is 0 Å². The van der Waals surface area contributed by atoms with Crippen molar-refractivity contribution in [1.82, 2.24) is 4.90 Å². The summed E-state index contributed by atoms with van der Waals surface area (Å²) in [4.78, 5) is 15.5. The number of nitrogens with zero attached hydrogens (tertiary/aromatic N) is 1. The van der Waals surface area contributed by atoms with E-state index in [0.717, 1.165) is 0 Å². The molecule has 0 aliphatic heterocycles. The maximum Gasteiger partial charge on any atom is 0.295 e. The molecule has 0 bridgehead atoms. The minimum atomic E-state index is -4.59. The van der Waals surface area contributed by atoms with E-state index in [1.807, 2.05) is 72.8 Å². The fourth-order valence-electron chi connectivity index (χ4n) is 5.04. The van der Waals surface area contributed by atoms with Crippen molar-refractivity contribution in [3.63, 3.8) is 0 Å². The first-order valence-electron chi connectivity index (χ1n) is 14.0. The Labute approximate surface area is 256 Å². The lowest BCUT2D eigenvalue weighted by Gasteiger charge is -2.29. The molecule has 0 spiro atoms. The second-order valence-electron chi connectivity index (χ2n) is 9.91. The van der Waals surface area contributed by atoms with Crippen LogP contribution >= 0.6 is 15.8 Å². The van der Waals surface area contributed by atoms with Crippen LogP contribution in [0.25, 0.3) is 0 Å². The number of benzene rings is 5. The Hall–Kier alpha value is -3.66. The largest absolute Gasteiger partial charge is 0.338 e. The predicted molar refractivity (Wildman–Crippen MR) is 180 cm³/mol. The van der Waals surface area contributed by atoms with Gasteiger partial charge in [0.2, 0.25) is 0 Å². The van der Waals surface area contributed by atoms with Gasteiger partial charge in [0, 0.05) is 13.1 Å². The van der Waals surface area contributed by atoms with Gasteiger partial charge < -0.3 is 4.90 Å². The molecule has 0 radical (unpaired) electrons. The zero-order chi connectivity index (χ0) is 30.1. The molecule has 5 nitrogen and oxygen atoms in total. The van der Waals surface area contributed by atoms with Crippen LogP contribution in [0.5, 0.6) is 0 Å². The van der Waals surface area contributed by atoms with Crippen molar-refractivity contribution in [1.29, 1.82) is 0 Å². The van der Waals surface area contributed by atoms with Crippen LogP contribution < -0.4 is 21.2 Å². The van der Waals surface area contributed by atoms with Gasteiger partial charge in [-0.2, -0.15) is 8.42 Å². The van der Waals surface area contributed by atoms with E-state index in [2.05, 4.69) is 48.5 Å². The summed E-state index contributed by atoms with van der Waals surface area (Å²) in [7, 11) is -6.14. The smallest absolute Gasteiger partial charge is 0.295 e. The highest BCUT2D eigenvalue weighted by molar-refractivity contribution is 7.86. The summed E-state index contributed by atoms with van der Waals surface area (Å²) in [5.41, 5.74) is -0.0162. The molecular weight excluding hydrogens is 592 g/mol. The quantitative estimate of drug-likeness (QED) is 0.144. The fraction of sp³-hybridized carbons (Fsp3) is 0.114. The van der Waals surface area contributed by atoms with Gasteiger partial charge in [0.25, 0.3) is 16.0 Å². The third-order valence-corrected chi connectivity index (χ3v) is 13.0. The van der Waals surface area contributed by atoms with Crippen molar-refractivity contribution < 1.29 is 17.8 Å². The molecule has 5 rings (SSSR count). The Kier molecular flexibility index (Phi) is 10.5. The first kappa shape index (κ1) is 30.8. The normalized spacial score (nSPS) is 11.5. The number of carbonyl (C=O) groups is 1. The minimum absolute atomic E-state index is 0.0162. The van der Waals surface area contributed by atoms with Crippen LogP contribution in [0.15, 0.2) is 150 Å². The van der Waals surface area contributed by atoms with Gasteiger partial charge in [-0.1, -0.05) is 133 Å². The Morgan fingerprint density at radius 2 is 0.860 bits per heavy atom. The maximum atomic E-state index is 14.1. The number of hydrogen-bond acceptors (Lipinski definition) is 3. The molecule has 43 heavy (non-hydrogen) atoms. The number of amides is 1. The highest BCUT2D eigenvalue weighted by atomic mass is 32.2. The monoisotopic (exact) mass is 625 g/mol. The summed E-state index contributed by atoms with van der Waals surface area (Å²) < 4.78 is 34.4. The first-order chi connectivity index (χ1) is 20.9.